The van der Waals surface area contributed by atoms with Crippen molar-refractivity contribution < 1.29 is 23.5 Å². The van der Waals surface area contributed by atoms with Gasteiger partial charge in [-0.15, -0.1) is 12.4 Å². The summed E-state index contributed by atoms with van der Waals surface area (Å²) in [6.07, 6.45) is 8.30. The van der Waals surface area contributed by atoms with E-state index in [-0.39, 0.29) is 23.7 Å². The number of rotatable bonds is 7. The number of carbonyl (C=O) groups is 2. The molecule has 2 fully saturated rings. The zero-order valence-electron chi connectivity index (χ0n) is 22.2. The van der Waals surface area contributed by atoms with Crippen LogP contribution in [0.1, 0.15) is 72.6 Å². The number of Topliss-reactive ketones (excluding diaryl/α,β-unsaturated/α-hetero) is 1. The average Bonchev–Trinajstić information content (AvgIpc) is 3.06. The van der Waals surface area contributed by atoms with Gasteiger partial charge < -0.3 is 14.4 Å². The number of alkyl halides is 1. The average molecular weight is 512 g/mol. The Bertz CT molecular complexity index is 917. The molecule has 4 rings (SSSR count). The van der Waals surface area contributed by atoms with E-state index in [1.54, 1.807) is 0 Å². The monoisotopic (exact) mass is 511 g/mol. The predicted octanol–water partition coefficient (Wildman–Crippen LogP) is 5.67. The second kappa shape index (κ2) is 10.2. The number of carbonyl (C=O) groups excluding carboxylic acids is 2. The number of halogens is 2. The lowest BCUT2D eigenvalue weighted by Gasteiger charge is -2.59. The summed E-state index contributed by atoms with van der Waals surface area (Å²) in [7, 11) is 4.22. The van der Waals surface area contributed by atoms with Crippen LogP contribution in [-0.2, 0) is 19.1 Å². The molecule has 0 aromatic heterocycles. The molecule has 2 saturated carbocycles. The number of fused-ring (bicyclic) bond motifs is 5. The molecule has 0 aromatic carbocycles. The molecule has 5 nitrogen and oxygen atoms in total. The van der Waals surface area contributed by atoms with E-state index in [0.29, 0.717) is 24.9 Å². The Balaban J connectivity index is 0.00000342. The summed E-state index contributed by atoms with van der Waals surface area (Å²) >= 11 is 0. The minimum Gasteiger partial charge on any atom is -0.498 e. The maximum absolute atomic E-state index is 13.8. The van der Waals surface area contributed by atoms with Crippen LogP contribution < -0.4 is 0 Å². The first-order chi connectivity index (χ1) is 16.0. The van der Waals surface area contributed by atoms with Crippen LogP contribution in [0.15, 0.2) is 23.0 Å². The fourth-order valence-electron chi connectivity index (χ4n) is 8.43. The summed E-state index contributed by atoms with van der Waals surface area (Å²) in [5, 5.41) is 0. The number of hydrogen-bond acceptors (Lipinski definition) is 5. The number of nitrogens with zero attached hydrogens (tertiary/aromatic N) is 1. The lowest BCUT2D eigenvalue weighted by Crippen LogP contribution is -2.59. The lowest BCUT2D eigenvalue weighted by molar-refractivity contribution is -0.188. The van der Waals surface area contributed by atoms with Crippen molar-refractivity contribution in [1.82, 2.24) is 4.90 Å². The van der Waals surface area contributed by atoms with Gasteiger partial charge in [-0.1, -0.05) is 19.4 Å². The highest BCUT2D eigenvalue weighted by molar-refractivity contribution is 5.92. The van der Waals surface area contributed by atoms with Crippen LogP contribution in [0.3, 0.4) is 0 Å². The number of esters is 1. The number of ketones is 1. The van der Waals surface area contributed by atoms with Crippen LogP contribution in [-0.4, -0.2) is 56.2 Å². The summed E-state index contributed by atoms with van der Waals surface area (Å²) in [6.45, 7) is 8.40. The normalized spacial score (nSPS) is 38.1. The standard InChI is InChI=1S/C28H42FNO4.ClH/c1-7-33-20-8-11-26(3)22-9-12-27(4)23(10-13-28(27,25(32)16-29)34-18(2)31)21(22)14-19(17-30(5)6)24(26)15-20;/h15,21-23H,7-14,16-17H2,1-6H3;1H/t21-,22+,23+,26-,27+,28+;/m1./s1. The molecule has 0 saturated heterocycles. The smallest absolute Gasteiger partial charge is 0.303 e. The summed E-state index contributed by atoms with van der Waals surface area (Å²) in [6, 6.07) is 0. The van der Waals surface area contributed by atoms with E-state index in [2.05, 4.69) is 38.9 Å². The van der Waals surface area contributed by atoms with Gasteiger partial charge in [-0.05, 0) is 94.4 Å². The third kappa shape index (κ3) is 4.37. The number of ether oxygens (including phenoxy) is 2. The van der Waals surface area contributed by atoms with Crippen molar-refractivity contribution in [2.24, 2.45) is 28.6 Å². The van der Waals surface area contributed by atoms with E-state index in [4.69, 9.17) is 9.47 Å². The minimum absolute atomic E-state index is 0. The van der Waals surface area contributed by atoms with Gasteiger partial charge in [0, 0.05) is 25.3 Å². The molecule has 6 atom stereocenters. The van der Waals surface area contributed by atoms with E-state index in [0.717, 1.165) is 50.8 Å². The number of likely N-dealkylation sites (N-methyl/N-ethyl adjacent to an activating group) is 1. The topological polar surface area (TPSA) is 55.8 Å². The van der Waals surface area contributed by atoms with Gasteiger partial charge in [-0.25, -0.2) is 4.39 Å². The molecule has 4 aliphatic rings. The van der Waals surface area contributed by atoms with Crippen LogP contribution in [0.4, 0.5) is 4.39 Å². The van der Waals surface area contributed by atoms with Gasteiger partial charge in [-0.2, -0.15) is 0 Å². The van der Waals surface area contributed by atoms with Crippen LogP contribution in [0.5, 0.6) is 0 Å². The second-order valence-corrected chi connectivity index (χ2v) is 11.8. The Kier molecular flexibility index (Phi) is 8.18. The zero-order valence-corrected chi connectivity index (χ0v) is 23.1. The molecule has 0 aliphatic heterocycles. The van der Waals surface area contributed by atoms with Crippen LogP contribution in [0.25, 0.3) is 0 Å². The Labute approximate surface area is 216 Å². The predicted molar refractivity (Wildman–Crippen MR) is 137 cm³/mol. The molecule has 0 radical (unpaired) electrons. The molecule has 0 aromatic rings. The van der Waals surface area contributed by atoms with E-state index in [1.807, 2.05) is 6.92 Å². The third-order valence-corrected chi connectivity index (χ3v) is 9.78. The highest BCUT2D eigenvalue weighted by Gasteiger charge is 2.68. The van der Waals surface area contributed by atoms with Crippen LogP contribution in [0.2, 0.25) is 0 Å². The molecule has 0 unspecified atom stereocenters. The Hall–Kier alpha value is -1.40. The quantitative estimate of drug-likeness (QED) is 0.412. The van der Waals surface area contributed by atoms with Crippen molar-refractivity contribution in [3.8, 4) is 0 Å². The van der Waals surface area contributed by atoms with Crippen molar-refractivity contribution in [1.29, 1.82) is 0 Å². The second-order valence-electron chi connectivity index (χ2n) is 11.8. The SMILES string of the molecule is CCOC1=CC2=C(CN(C)C)C[C@@H]3[C@H](CC[C@@]4(C)[C@H]3CC[C@]4(OC(C)=O)C(=O)CF)[C@@]2(C)CC1.Cl. The number of hydrogen-bond donors (Lipinski definition) is 0. The molecule has 0 bridgehead atoms. The van der Waals surface area contributed by atoms with Gasteiger partial charge in [-0.3, -0.25) is 9.59 Å². The molecule has 198 valence electrons. The molecule has 0 spiro atoms. The maximum atomic E-state index is 13.8. The van der Waals surface area contributed by atoms with Crippen LogP contribution >= 0.6 is 12.4 Å². The van der Waals surface area contributed by atoms with Gasteiger partial charge in [0.05, 0.1) is 12.4 Å². The Morgan fingerprint density at radius 1 is 1.14 bits per heavy atom. The molecule has 0 amide bonds. The highest BCUT2D eigenvalue weighted by atomic mass is 35.5. The van der Waals surface area contributed by atoms with Gasteiger partial charge in [0.2, 0.25) is 5.78 Å². The van der Waals surface area contributed by atoms with Crippen molar-refractivity contribution in [2.75, 3.05) is 33.9 Å². The van der Waals surface area contributed by atoms with Gasteiger partial charge in [0.1, 0.15) is 0 Å². The first-order valence-corrected chi connectivity index (χ1v) is 13.0. The molecular weight excluding hydrogens is 469 g/mol. The summed E-state index contributed by atoms with van der Waals surface area (Å²) in [5.41, 5.74) is 1.11. The number of allylic oxidation sites excluding steroid dienone is 3. The molecular formula is C28H43ClFNO4. The summed E-state index contributed by atoms with van der Waals surface area (Å²) in [5.74, 6) is 1.18. The van der Waals surface area contributed by atoms with E-state index >= 15 is 0 Å². The van der Waals surface area contributed by atoms with E-state index in [1.165, 1.54) is 18.1 Å². The molecule has 7 heteroatoms. The molecule has 35 heavy (non-hydrogen) atoms. The molecule has 4 aliphatic carbocycles. The van der Waals surface area contributed by atoms with E-state index < -0.39 is 29.4 Å². The fourth-order valence-corrected chi connectivity index (χ4v) is 8.43. The summed E-state index contributed by atoms with van der Waals surface area (Å²) < 4.78 is 25.6. The van der Waals surface area contributed by atoms with Gasteiger partial charge >= 0.3 is 5.97 Å². The van der Waals surface area contributed by atoms with Gasteiger partial charge in [0.15, 0.2) is 12.3 Å². The van der Waals surface area contributed by atoms with Crippen LogP contribution in [0, 0.1) is 28.6 Å². The minimum atomic E-state index is -1.33. The lowest BCUT2D eigenvalue weighted by atomic mass is 9.46. The van der Waals surface area contributed by atoms with Crippen molar-refractivity contribution in [2.45, 2.75) is 78.2 Å². The fraction of sp³-hybridized carbons (Fsp3) is 0.786. The van der Waals surface area contributed by atoms with Crippen molar-refractivity contribution in [3.63, 3.8) is 0 Å². The van der Waals surface area contributed by atoms with E-state index in [9.17, 15) is 14.0 Å². The van der Waals surface area contributed by atoms with Gasteiger partial charge in [0.25, 0.3) is 0 Å². The third-order valence-electron chi connectivity index (χ3n) is 9.78. The van der Waals surface area contributed by atoms with Crippen molar-refractivity contribution in [3.05, 3.63) is 23.0 Å². The maximum Gasteiger partial charge on any atom is 0.303 e. The largest absolute Gasteiger partial charge is 0.498 e. The zero-order chi connectivity index (χ0) is 24.9. The molecule has 0 heterocycles. The summed E-state index contributed by atoms with van der Waals surface area (Å²) in [4.78, 5) is 27.3. The molecule has 0 N–H and O–H groups in total. The Morgan fingerprint density at radius 2 is 1.83 bits per heavy atom. The highest BCUT2D eigenvalue weighted by Crippen LogP contribution is 2.68. The first kappa shape index (κ1) is 28.2. The first-order valence-electron chi connectivity index (χ1n) is 13.0. The Morgan fingerprint density at radius 3 is 2.43 bits per heavy atom. The van der Waals surface area contributed by atoms with Crippen molar-refractivity contribution >= 4 is 24.2 Å².